The van der Waals surface area contributed by atoms with E-state index in [0.29, 0.717) is 17.7 Å². The van der Waals surface area contributed by atoms with Gasteiger partial charge in [0.15, 0.2) is 0 Å². The van der Waals surface area contributed by atoms with Gasteiger partial charge in [-0.3, -0.25) is 0 Å². The second-order valence-electron chi connectivity index (χ2n) is 10.8. The molecule has 244 valence electrons. The van der Waals surface area contributed by atoms with Crippen molar-refractivity contribution >= 4 is 0 Å². The van der Waals surface area contributed by atoms with E-state index in [1.165, 1.54) is 29.8 Å². The molecule has 0 saturated heterocycles. The number of halogens is 8. The molecule has 47 heavy (non-hydrogen) atoms. The quantitative estimate of drug-likeness (QED) is 0.0983. The fourth-order valence-electron chi connectivity index (χ4n) is 5.18. The second kappa shape index (κ2) is 14.3. The molecule has 5 aromatic rings. The molecule has 0 aliphatic heterocycles. The molecule has 0 N–H and O–H groups in total. The largest absolute Gasteiger partial charge is 0.435 e. The molecule has 0 heterocycles. The van der Waals surface area contributed by atoms with E-state index in [2.05, 4.69) is 16.4 Å². The molecule has 2 nitrogen and oxygen atoms in total. The lowest BCUT2D eigenvalue weighted by atomic mass is 9.96. The lowest BCUT2D eigenvalue weighted by Crippen LogP contribution is -2.25. The predicted octanol–water partition coefficient (Wildman–Crippen LogP) is 11.7. The van der Waals surface area contributed by atoms with Gasteiger partial charge in [-0.05, 0) is 89.2 Å². The van der Waals surface area contributed by atoms with Crippen LogP contribution in [0.3, 0.4) is 0 Å². The summed E-state index contributed by atoms with van der Waals surface area (Å²) in [6, 6.07) is 20.5. The van der Waals surface area contributed by atoms with Gasteiger partial charge >= 0.3 is 12.7 Å². The van der Waals surface area contributed by atoms with E-state index in [-0.39, 0.29) is 28.0 Å². The van der Waals surface area contributed by atoms with Gasteiger partial charge in [-0.1, -0.05) is 68.3 Å². The van der Waals surface area contributed by atoms with Crippen LogP contribution in [-0.4, -0.2) is 6.61 Å². The highest BCUT2D eigenvalue weighted by atomic mass is 19.3. The van der Waals surface area contributed by atoms with Crippen molar-refractivity contribution in [1.82, 2.24) is 0 Å². The molecule has 0 aliphatic rings. The number of ether oxygens (including phenoxy) is 2. The third-order valence-electron chi connectivity index (χ3n) is 7.54. The molecule has 0 atom stereocenters. The monoisotopic (exact) mass is 656 g/mol. The number of alkyl halides is 4. The molecule has 0 spiro atoms. The zero-order valence-electron chi connectivity index (χ0n) is 25.0. The SMILES string of the molecule is CCCCCc1ccc(-c2ccc(-c3ccc(-c4cc(F)c(C(F)(F)Oc5ccc(OC(F)F)cc5)c(F)c4)c(F)c3)c(F)c2)cc1. The van der Waals surface area contributed by atoms with Gasteiger partial charge in [0, 0.05) is 11.1 Å². The molecule has 0 amide bonds. The predicted molar refractivity (Wildman–Crippen MR) is 163 cm³/mol. The van der Waals surface area contributed by atoms with Crippen LogP contribution < -0.4 is 9.47 Å². The lowest BCUT2D eigenvalue weighted by molar-refractivity contribution is -0.189. The Bertz CT molecular complexity index is 1810. The molecule has 5 rings (SSSR count). The van der Waals surface area contributed by atoms with Crippen molar-refractivity contribution in [3.63, 3.8) is 0 Å². The van der Waals surface area contributed by atoms with Crippen LogP contribution in [0.15, 0.2) is 97.1 Å². The van der Waals surface area contributed by atoms with Crippen molar-refractivity contribution in [3.05, 3.63) is 131 Å². The van der Waals surface area contributed by atoms with Crippen molar-refractivity contribution < 1.29 is 44.6 Å². The average molecular weight is 657 g/mol. The fraction of sp³-hybridized carbons (Fsp3) is 0.189. The van der Waals surface area contributed by atoms with Crippen LogP contribution in [-0.2, 0) is 12.5 Å². The minimum Gasteiger partial charge on any atom is -0.435 e. The number of rotatable bonds is 12. The summed E-state index contributed by atoms with van der Waals surface area (Å²) >= 11 is 0. The van der Waals surface area contributed by atoms with Crippen LogP contribution >= 0.6 is 0 Å². The maximum atomic E-state index is 15.2. The third-order valence-corrected chi connectivity index (χ3v) is 7.54. The van der Waals surface area contributed by atoms with Gasteiger partial charge in [0.2, 0.25) is 0 Å². The minimum absolute atomic E-state index is 0.0914. The number of hydrogen-bond donors (Lipinski definition) is 0. The molecule has 0 saturated carbocycles. The Morgan fingerprint density at radius 2 is 1.09 bits per heavy atom. The first-order valence-electron chi connectivity index (χ1n) is 14.8. The van der Waals surface area contributed by atoms with E-state index in [1.807, 2.05) is 24.3 Å². The molecular weight excluding hydrogens is 628 g/mol. The summed E-state index contributed by atoms with van der Waals surface area (Å²) in [6.45, 7) is -1.01. The molecule has 0 radical (unpaired) electrons. The van der Waals surface area contributed by atoms with Crippen LogP contribution in [0, 0.1) is 23.3 Å². The van der Waals surface area contributed by atoms with Crippen LogP contribution in [0.25, 0.3) is 33.4 Å². The van der Waals surface area contributed by atoms with E-state index < -0.39 is 47.3 Å². The molecule has 10 heteroatoms. The minimum atomic E-state index is -4.53. The van der Waals surface area contributed by atoms with E-state index in [1.54, 1.807) is 6.07 Å². The summed E-state index contributed by atoms with van der Waals surface area (Å²) in [4.78, 5) is 0. The smallest absolute Gasteiger partial charge is 0.432 e. The van der Waals surface area contributed by atoms with Crippen molar-refractivity contribution in [1.29, 1.82) is 0 Å². The Labute approximate surface area is 266 Å². The number of unbranched alkanes of at least 4 members (excludes halogenated alkanes) is 2. The van der Waals surface area contributed by atoms with Crippen molar-refractivity contribution in [2.24, 2.45) is 0 Å². The Hall–Kier alpha value is -4.86. The fourth-order valence-corrected chi connectivity index (χ4v) is 5.18. The van der Waals surface area contributed by atoms with E-state index >= 15 is 8.78 Å². The van der Waals surface area contributed by atoms with Gasteiger partial charge in [-0.25, -0.2) is 17.6 Å². The number of hydrogen-bond acceptors (Lipinski definition) is 2. The van der Waals surface area contributed by atoms with Crippen molar-refractivity contribution in [2.45, 2.75) is 45.3 Å². The Morgan fingerprint density at radius 3 is 1.66 bits per heavy atom. The first-order valence-corrected chi connectivity index (χ1v) is 14.8. The van der Waals surface area contributed by atoms with E-state index in [4.69, 9.17) is 0 Å². The average Bonchev–Trinajstić information content (AvgIpc) is 3.01. The highest BCUT2D eigenvalue weighted by Crippen LogP contribution is 2.38. The highest BCUT2D eigenvalue weighted by molar-refractivity contribution is 5.74. The van der Waals surface area contributed by atoms with Gasteiger partial charge in [-0.15, -0.1) is 0 Å². The first kappa shape index (κ1) is 33.5. The van der Waals surface area contributed by atoms with Crippen LogP contribution in [0.4, 0.5) is 35.1 Å². The number of benzene rings is 5. The Morgan fingerprint density at radius 1 is 0.574 bits per heavy atom. The van der Waals surface area contributed by atoms with E-state index in [9.17, 15) is 26.3 Å². The highest BCUT2D eigenvalue weighted by Gasteiger charge is 2.41. The summed E-state index contributed by atoms with van der Waals surface area (Å²) < 4.78 is 123. The van der Waals surface area contributed by atoms with Gasteiger partial charge in [0.1, 0.15) is 40.3 Å². The molecule has 0 aromatic heterocycles. The van der Waals surface area contributed by atoms with E-state index in [0.717, 1.165) is 61.6 Å². The zero-order chi connectivity index (χ0) is 33.7. The lowest BCUT2D eigenvalue weighted by Gasteiger charge is -2.20. The summed E-state index contributed by atoms with van der Waals surface area (Å²) in [5.74, 6) is -5.95. The van der Waals surface area contributed by atoms with Crippen molar-refractivity contribution in [3.8, 4) is 44.9 Å². The number of aryl methyl sites for hydroxylation is 1. The third kappa shape index (κ3) is 7.93. The van der Waals surface area contributed by atoms with Gasteiger partial charge in [-0.2, -0.15) is 17.6 Å². The normalized spacial score (nSPS) is 11.6. The molecule has 0 bridgehead atoms. The summed E-state index contributed by atoms with van der Waals surface area (Å²) in [5, 5.41) is 0. The van der Waals surface area contributed by atoms with Crippen molar-refractivity contribution in [2.75, 3.05) is 0 Å². The summed E-state index contributed by atoms with van der Waals surface area (Å²) in [6.07, 6.45) is -0.191. The summed E-state index contributed by atoms with van der Waals surface area (Å²) in [5.41, 5.74) is 0.459. The van der Waals surface area contributed by atoms with Gasteiger partial charge in [0.05, 0.1) is 0 Å². The first-order chi connectivity index (χ1) is 22.4. The van der Waals surface area contributed by atoms with Gasteiger partial charge in [0.25, 0.3) is 0 Å². The van der Waals surface area contributed by atoms with Gasteiger partial charge < -0.3 is 9.47 Å². The Balaban J connectivity index is 1.34. The Kier molecular flexibility index (Phi) is 10.2. The topological polar surface area (TPSA) is 18.5 Å². The molecular formula is C37H28F8O2. The molecule has 0 fully saturated rings. The van der Waals surface area contributed by atoms with Crippen LogP contribution in [0.1, 0.15) is 37.3 Å². The maximum absolute atomic E-state index is 15.2. The van der Waals surface area contributed by atoms with Crippen LogP contribution in [0.5, 0.6) is 11.5 Å². The molecule has 5 aromatic carbocycles. The second-order valence-corrected chi connectivity index (χ2v) is 10.8. The zero-order valence-corrected chi connectivity index (χ0v) is 25.0. The molecule has 0 aliphatic carbocycles. The van der Waals surface area contributed by atoms with Crippen LogP contribution in [0.2, 0.25) is 0 Å². The molecule has 0 unspecified atom stereocenters. The summed E-state index contributed by atoms with van der Waals surface area (Å²) in [7, 11) is 0. The standard InChI is InChI=1S/C37H28F8O2/c1-2-3-4-5-22-6-8-23(9-7-22)24-10-16-29(31(38)18-24)25-11-17-30(32(39)19-25)26-20-33(40)35(34(41)21-26)37(44,45)47-28-14-12-27(13-15-28)46-36(42)43/h6-21,36H,2-5H2,1H3. The maximum Gasteiger partial charge on any atom is 0.432 e.